The van der Waals surface area contributed by atoms with Gasteiger partial charge in [0.05, 0.1) is 18.4 Å². The Morgan fingerprint density at radius 2 is 1.71 bits per heavy atom. The van der Waals surface area contributed by atoms with Gasteiger partial charge in [0.2, 0.25) is 0 Å². The highest BCUT2D eigenvalue weighted by molar-refractivity contribution is 6.22. The van der Waals surface area contributed by atoms with E-state index in [0.29, 0.717) is 16.9 Å². The number of hydrogen-bond acceptors (Lipinski definition) is 4. The lowest BCUT2D eigenvalue weighted by Crippen LogP contribution is -2.22. The molecule has 3 aromatic carbocycles. The maximum atomic E-state index is 13.9. The zero-order chi connectivity index (χ0) is 22.2. The predicted octanol–water partition coefficient (Wildman–Crippen LogP) is 4.87. The molecular weight excluding hydrogens is 397 g/mol. The average Bonchev–Trinajstić information content (AvgIpc) is 2.78. The molecule has 5 nitrogen and oxygen atoms in total. The Balaban J connectivity index is 1.77. The molecule has 0 fully saturated rings. The number of halogens is 1. The second-order valence-corrected chi connectivity index (χ2v) is 6.77. The average molecular weight is 419 g/mol. The number of rotatable bonds is 7. The fraction of sp³-hybridized carbons (Fsp3) is 0.120. The number of methoxy groups -OCH3 is 1. The summed E-state index contributed by atoms with van der Waals surface area (Å²) >= 11 is 0. The van der Waals surface area contributed by atoms with Crippen LogP contribution in [0.5, 0.6) is 5.75 Å². The summed E-state index contributed by atoms with van der Waals surface area (Å²) in [6.07, 6.45) is 1.65. The minimum Gasteiger partial charge on any atom is -0.496 e. The van der Waals surface area contributed by atoms with Crippen molar-refractivity contribution in [3.05, 3.63) is 95.3 Å². The number of carbonyl (C=O) groups excluding carboxylic acids is 2. The zero-order valence-electron chi connectivity index (χ0n) is 17.2. The van der Waals surface area contributed by atoms with Crippen molar-refractivity contribution in [2.45, 2.75) is 6.92 Å². The fourth-order valence-corrected chi connectivity index (χ4v) is 2.94. The molecule has 0 saturated heterocycles. The van der Waals surface area contributed by atoms with E-state index in [1.807, 2.05) is 24.3 Å². The lowest BCUT2D eigenvalue weighted by atomic mass is 10.0. The molecule has 0 bridgehead atoms. The topological polar surface area (TPSA) is 64.6 Å². The summed E-state index contributed by atoms with van der Waals surface area (Å²) in [6, 6.07) is 20.6. The van der Waals surface area contributed by atoms with Crippen molar-refractivity contribution in [3.63, 3.8) is 0 Å². The third-order valence-corrected chi connectivity index (χ3v) is 4.48. The molecule has 1 N–H and O–H groups in total. The first-order valence-corrected chi connectivity index (χ1v) is 9.61. The second-order valence-electron chi connectivity index (χ2n) is 6.77. The van der Waals surface area contributed by atoms with Crippen LogP contribution < -0.4 is 10.1 Å². The molecule has 0 saturated carbocycles. The summed E-state index contributed by atoms with van der Waals surface area (Å²) < 4.78 is 24.5. The van der Waals surface area contributed by atoms with Gasteiger partial charge in [0.15, 0.2) is 6.61 Å². The number of esters is 1. The maximum absolute atomic E-state index is 13.9. The van der Waals surface area contributed by atoms with Crippen LogP contribution in [-0.4, -0.2) is 25.6 Å². The molecule has 3 aromatic rings. The number of amides is 1. The Morgan fingerprint density at radius 3 is 2.42 bits per heavy atom. The number of aryl methyl sites for hydroxylation is 1. The van der Waals surface area contributed by atoms with Gasteiger partial charge in [-0.05, 0) is 42.3 Å². The number of benzene rings is 3. The van der Waals surface area contributed by atoms with Crippen molar-refractivity contribution >= 4 is 29.2 Å². The molecule has 0 aliphatic rings. The second kappa shape index (κ2) is 10.2. The number of ether oxygens (including phenoxy) is 2. The third-order valence-electron chi connectivity index (χ3n) is 4.48. The highest BCUT2D eigenvalue weighted by Gasteiger charge is 2.17. The van der Waals surface area contributed by atoms with Gasteiger partial charge < -0.3 is 14.8 Å². The van der Waals surface area contributed by atoms with E-state index in [0.717, 1.165) is 5.56 Å². The molecule has 1 amide bonds. The monoisotopic (exact) mass is 419 g/mol. The molecule has 0 atom stereocenters. The van der Waals surface area contributed by atoms with Crippen LogP contribution in [0.3, 0.4) is 0 Å². The Kier molecular flexibility index (Phi) is 7.17. The van der Waals surface area contributed by atoms with E-state index >= 15 is 0 Å². The summed E-state index contributed by atoms with van der Waals surface area (Å²) in [7, 11) is 1.54. The van der Waals surface area contributed by atoms with Gasteiger partial charge in [-0.25, -0.2) is 9.18 Å². The maximum Gasteiger partial charge on any atom is 0.339 e. The highest BCUT2D eigenvalue weighted by Crippen LogP contribution is 2.25. The van der Waals surface area contributed by atoms with Gasteiger partial charge in [-0.3, -0.25) is 4.79 Å². The summed E-state index contributed by atoms with van der Waals surface area (Å²) in [4.78, 5) is 25.0. The van der Waals surface area contributed by atoms with Crippen molar-refractivity contribution in [1.29, 1.82) is 0 Å². The first kappa shape index (κ1) is 21.8. The molecule has 3 rings (SSSR count). The Labute approximate surface area is 180 Å². The van der Waals surface area contributed by atoms with Crippen LogP contribution in [0.2, 0.25) is 0 Å². The van der Waals surface area contributed by atoms with E-state index in [2.05, 4.69) is 5.32 Å². The van der Waals surface area contributed by atoms with Crippen molar-refractivity contribution < 1.29 is 23.5 Å². The molecule has 0 aromatic heterocycles. The third kappa shape index (κ3) is 5.79. The number of anilines is 1. The quantitative estimate of drug-likeness (QED) is 0.337. The molecule has 0 aliphatic carbocycles. The first-order valence-electron chi connectivity index (χ1n) is 9.61. The lowest BCUT2D eigenvalue weighted by molar-refractivity contribution is -0.141. The number of hydrogen-bond donors (Lipinski definition) is 1. The Hall–Kier alpha value is -3.93. The number of carbonyl (C=O) groups is 2. The van der Waals surface area contributed by atoms with Crippen LogP contribution in [-0.2, 0) is 14.3 Å². The SMILES string of the molecule is COc1ccccc1/C=C(/C(=O)OCC(=O)Nc1ccc(C)cc1F)c1ccccc1. The van der Waals surface area contributed by atoms with Gasteiger partial charge in [-0.1, -0.05) is 54.6 Å². The van der Waals surface area contributed by atoms with Crippen molar-refractivity contribution in [2.75, 3.05) is 19.0 Å². The number of para-hydroxylation sites is 1. The van der Waals surface area contributed by atoms with E-state index < -0.39 is 24.3 Å². The van der Waals surface area contributed by atoms with E-state index in [4.69, 9.17) is 9.47 Å². The van der Waals surface area contributed by atoms with Crippen molar-refractivity contribution in [1.82, 2.24) is 0 Å². The van der Waals surface area contributed by atoms with Crippen LogP contribution in [0, 0.1) is 12.7 Å². The molecular formula is C25H22FNO4. The highest BCUT2D eigenvalue weighted by atomic mass is 19.1. The van der Waals surface area contributed by atoms with Gasteiger partial charge >= 0.3 is 5.97 Å². The fourth-order valence-electron chi connectivity index (χ4n) is 2.94. The minimum absolute atomic E-state index is 0.0273. The van der Waals surface area contributed by atoms with Crippen LogP contribution in [0.15, 0.2) is 72.8 Å². The van der Waals surface area contributed by atoms with E-state index in [9.17, 15) is 14.0 Å². The molecule has 0 aliphatic heterocycles. The van der Waals surface area contributed by atoms with Crippen molar-refractivity contribution in [2.24, 2.45) is 0 Å². The smallest absolute Gasteiger partial charge is 0.339 e. The van der Waals surface area contributed by atoms with E-state index in [1.165, 1.54) is 12.1 Å². The lowest BCUT2D eigenvalue weighted by Gasteiger charge is -2.11. The van der Waals surface area contributed by atoms with Gasteiger partial charge in [0.25, 0.3) is 5.91 Å². The summed E-state index contributed by atoms with van der Waals surface area (Å²) in [5, 5.41) is 2.41. The molecule has 0 unspecified atom stereocenters. The summed E-state index contributed by atoms with van der Waals surface area (Å²) in [5.41, 5.74) is 2.34. The van der Waals surface area contributed by atoms with Gasteiger partial charge in [-0.2, -0.15) is 0 Å². The molecule has 0 radical (unpaired) electrons. The van der Waals surface area contributed by atoms with Gasteiger partial charge in [0.1, 0.15) is 11.6 Å². The molecule has 0 heterocycles. The summed E-state index contributed by atoms with van der Waals surface area (Å²) in [6.45, 7) is 1.19. The standard InChI is InChI=1S/C25H22FNO4/c1-17-12-13-22(21(26)14-17)27-24(28)16-31-25(29)20(18-8-4-3-5-9-18)15-19-10-6-7-11-23(19)30-2/h3-15H,16H2,1-2H3,(H,27,28)/b20-15+. The predicted molar refractivity (Wildman–Crippen MR) is 118 cm³/mol. The Morgan fingerprint density at radius 1 is 1.00 bits per heavy atom. The van der Waals surface area contributed by atoms with Crippen LogP contribution >= 0.6 is 0 Å². The molecule has 0 spiro atoms. The molecule has 158 valence electrons. The Bertz CT molecular complexity index is 1110. The van der Waals surface area contributed by atoms with Gasteiger partial charge in [0, 0.05) is 5.56 Å². The van der Waals surface area contributed by atoms with Crippen molar-refractivity contribution in [3.8, 4) is 5.75 Å². The molecule has 6 heteroatoms. The normalized spacial score (nSPS) is 11.0. The van der Waals surface area contributed by atoms with Crippen LogP contribution in [0.4, 0.5) is 10.1 Å². The van der Waals surface area contributed by atoms with E-state index in [-0.39, 0.29) is 11.3 Å². The zero-order valence-corrected chi connectivity index (χ0v) is 17.2. The first-order chi connectivity index (χ1) is 15.0. The molecule has 31 heavy (non-hydrogen) atoms. The minimum atomic E-state index is -0.684. The number of nitrogens with one attached hydrogen (secondary N) is 1. The summed E-state index contributed by atoms with van der Waals surface area (Å²) in [5.74, 6) is -1.28. The van der Waals surface area contributed by atoms with Crippen LogP contribution in [0.25, 0.3) is 11.6 Å². The van der Waals surface area contributed by atoms with E-state index in [1.54, 1.807) is 56.5 Å². The van der Waals surface area contributed by atoms with Crippen LogP contribution in [0.1, 0.15) is 16.7 Å². The largest absolute Gasteiger partial charge is 0.496 e. The van der Waals surface area contributed by atoms with Gasteiger partial charge in [-0.15, -0.1) is 0 Å².